The highest BCUT2D eigenvalue weighted by Gasteiger charge is 2.29. The molecular weight excluding hydrogens is 278 g/mol. The predicted octanol–water partition coefficient (Wildman–Crippen LogP) is 1.52. The van der Waals surface area contributed by atoms with E-state index < -0.39 is 0 Å². The molecule has 3 N–H and O–H groups in total. The number of hydrogen-bond acceptors (Lipinski definition) is 3. The van der Waals surface area contributed by atoms with Gasteiger partial charge in [0.25, 0.3) is 5.91 Å². The summed E-state index contributed by atoms with van der Waals surface area (Å²) in [5.74, 6) is -0.320. The van der Waals surface area contributed by atoms with Crippen molar-refractivity contribution in [3.8, 4) is 0 Å². The molecule has 6 heteroatoms. The van der Waals surface area contributed by atoms with Crippen molar-refractivity contribution in [2.24, 2.45) is 5.92 Å². The fourth-order valence-corrected chi connectivity index (χ4v) is 2.72. The van der Waals surface area contributed by atoms with Gasteiger partial charge >= 0.3 is 0 Å². The highest BCUT2D eigenvalue weighted by molar-refractivity contribution is 6.34. The third kappa shape index (κ3) is 3.04. The number of nitrogen functional groups attached to an aromatic ring is 1. The molecule has 0 bridgehead atoms. The van der Waals surface area contributed by atoms with Gasteiger partial charge in [0, 0.05) is 25.8 Å². The van der Waals surface area contributed by atoms with Gasteiger partial charge in [0.2, 0.25) is 5.91 Å². The zero-order valence-corrected chi connectivity index (χ0v) is 12.1. The topological polar surface area (TPSA) is 75.4 Å². The molecule has 0 spiro atoms. The largest absolute Gasteiger partial charge is 0.399 e. The van der Waals surface area contributed by atoms with Crippen LogP contribution in [0.1, 0.15) is 23.2 Å². The number of amides is 2. The van der Waals surface area contributed by atoms with Crippen LogP contribution in [-0.4, -0.2) is 36.9 Å². The molecule has 1 aromatic rings. The van der Waals surface area contributed by atoms with Crippen LogP contribution in [0, 0.1) is 5.92 Å². The number of carbonyl (C=O) groups is 2. The number of anilines is 1. The Morgan fingerprint density at radius 2 is 2.20 bits per heavy atom. The van der Waals surface area contributed by atoms with Crippen LogP contribution in [0.4, 0.5) is 5.69 Å². The SMILES string of the molecule is CNC(=O)C1CCCN(C(=O)c2ccc(N)cc2Cl)C1. The second kappa shape index (κ2) is 6.13. The fourth-order valence-electron chi connectivity index (χ4n) is 2.45. The number of nitrogens with two attached hydrogens (primary N) is 1. The van der Waals surface area contributed by atoms with Gasteiger partial charge in [-0.05, 0) is 31.0 Å². The Balaban J connectivity index is 2.14. The number of carbonyl (C=O) groups excluding carboxylic acids is 2. The van der Waals surface area contributed by atoms with E-state index in [4.69, 9.17) is 17.3 Å². The van der Waals surface area contributed by atoms with Crippen LogP contribution in [0.25, 0.3) is 0 Å². The summed E-state index contributed by atoms with van der Waals surface area (Å²) >= 11 is 6.06. The molecule has 1 atom stereocenters. The molecule has 1 saturated heterocycles. The molecule has 0 aromatic heterocycles. The quantitative estimate of drug-likeness (QED) is 0.812. The molecule has 20 heavy (non-hydrogen) atoms. The van der Waals surface area contributed by atoms with Gasteiger partial charge < -0.3 is 16.0 Å². The normalized spacial score (nSPS) is 18.7. The first kappa shape index (κ1) is 14.7. The summed E-state index contributed by atoms with van der Waals surface area (Å²) < 4.78 is 0. The van der Waals surface area contributed by atoms with E-state index in [-0.39, 0.29) is 17.7 Å². The molecule has 1 unspecified atom stereocenters. The summed E-state index contributed by atoms with van der Waals surface area (Å²) in [6.07, 6.45) is 1.62. The Morgan fingerprint density at radius 3 is 2.85 bits per heavy atom. The summed E-state index contributed by atoms with van der Waals surface area (Å²) in [7, 11) is 1.61. The average Bonchev–Trinajstić information content (AvgIpc) is 2.46. The van der Waals surface area contributed by atoms with Crippen LogP contribution in [0.15, 0.2) is 18.2 Å². The number of likely N-dealkylation sites (tertiary alicyclic amines) is 1. The first-order valence-corrected chi connectivity index (χ1v) is 6.96. The first-order valence-electron chi connectivity index (χ1n) is 6.59. The van der Waals surface area contributed by atoms with Crippen molar-refractivity contribution in [1.29, 1.82) is 0 Å². The molecule has 2 rings (SSSR count). The van der Waals surface area contributed by atoms with E-state index in [0.29, 0.717) is 29.4 Å². The summed E-state index contributed by atoms with van der Waals surface area (Å²) in [4.78, 5) is 25.8. The summed E-state index contributed by atoms with van der Waals surface area (Å²) in [5, 5.41) is 2.98. The highest BCUT2D eigenvalue weighted by atomic mass is 35.5. The summed E-state index contributed by atoms with van der Waals surface area (Å²) in [6.45, 7) is 1.08. The van der Waals surface area contributed by atoms with Crippen LogP contribution >= 0.6 is 11.6 Å². The summed E-state index contributed by atoms with van der Waals surface area (Å²) in [6, 6.07) is 4.85. The van der Waals surface area contributed by atoms with E-state index in [1.165, 1.54) is 0 Å². The molecule has 0 radical (unpaired) electrons. The molecule has 0 aliphatic carbocycles. The zero-order valence-electron chi connectivity index (χ0n) is 11.4. The molecule has 2 amide bonds. The number of nitrogens with zero attached hydrogens (tertiary/aromatic N) is 1. The molecule has 1 heterocycles. The number of piperidine rings is 1. The van der Waals surface area contributed by atoms with E-state index in [1.54, 1.807) is 30.1 Å². The molecule has 5 nitrogen and oxygen atoms in total. The van der Waals surface area contributed by atoms with Crippen LogP contribution in [-0.2, 0) is 4.79 Å². The fraction of sp³-hybridized carbons (Fsp3) is 0.429. The lowest BCUT2D eigenvalue weighted by molar-refractivity contribution is -0.125. The maximum atomic E-state index is 12.5. The Kier molecular flexibility index (Phi) is 4.49. The second-order valence-electron chi connectivity index (χ2n) is 4.94. The third-order valence-corrected chi connectivity index (χ3v) is 3.86. The van der Waals surface area contributed by atoms with Gasteiger partial charge in [0.1, 0.15) is 0 Å². The molecular formula is C14H18ClN3O2. The van der Waals surface area contributed by atoms with Crippen molar-refractivity contribution in [3.05, 3.63) is 28.8 Å². The van der Waals surface area contributed by atoms with Gasteiger partial charge in [-0.2, -0.15) is 0 Å². The minimum atomic E-state index is -0.149. The van der Waals surface area contributed by atoms with E-state index in [1.807, 2.05) is 0 Å². The van der Waals surface area contributed by atoms with E-state index >= 15 is 0 Å². The van der Waals surface area contributed by atoms with Crippen molar-refractivity contribution in [2.75, 3.05) is 25.9 Å². The molecule has 0 saturated carbocycles. The van der Waals surface area contributed by atoms with Crippen molar-refractivity contribution in [2.45, 2.75) is 12.8 Å². The second-order valence-corrected chi connectivity index (χ2v) is 5.35. The van der Waals surface area contributed by atoms with Crippen molar-refractivity contribution in [3.63, 3.8) is 0 Å². The number of halogens is 1. The lowest BCUT2D eigenvalue weighted by Gasteiger charge is -2.32. The predicted molar refractivity (Wildman–Crippen MR) is 78.6 cm³/mol. The minimum absolute atomic E-state index is 0.0223. The first-order chi connectivity index (χ1) is 9.52. The maximum Gasteiger partial charge on any atom is 0.255 e. The summed E-state index contributed by atoms with van der Waals surface area (Å²) in [5.41, 5.74) is 6.57. The molecule has 1 aliphatic rings. The monoisotopic (exact) mass is 295 g/mol. The standard InChI is InChI=1S/C14H18ClN3O2/c1-17-13(19)9-3-2-6-18(8-9)14(20)11-5-4-10(16)7-12(11)15/h4-5,7,9H,2-3,6,8,16H2,1H3,(H,17,19). The number of nitrogens with one attached hydrogen (secondary N) is 1. The van der Waals surface area contributed by atoms with Gasteiger partial charge in [-0.25, -0.2) is 0 Å². The van der Waals surface area contributed by atoms with E-state index in [2.05, 4.69) is 5.32 Å². The Morgan fingerprint density at radius 1 is 1.45 bits per heavy atom. The van der Waals surface area contributed by atoms with Gasteiger partial charge in [-0.1, -0.05) is 11.6 Å². The Bertz CT molecular complexity index is 533. The number of rotatable bonds is 2. The van der Waals surface area contributed by atoms with Crippen molar-refractivity contribution in [1.82, 2.24) is 10.2 Å². The molecule has 1 fully saturated rings. The highest BCUT2D eigenvalue weighted by Crippen LogP contribution is 2.24. The Hall–Kier alpha value is -1.75. The molecule has 108 valence electrons. The van der Waals surface area contributed by atoms with Gasteiger partial charge in [0.05, 0.1) is 16.5 Å². The lowest BCUT2D eigenvalue weighted by Crippen LogP contribution is -2.44. The van der Waals surface area contributed by atoms with Gasteiger partial charge in [-0.3, -0.25) is 9.59 Å². The minimum Gasteiger partial charge on any atom is -0.399 e. The van der Waals surface area contributed by atoms with Crippen LogP contribution in [0.5, 0.6) is 0 Å². The maximum absolute atomic E-state index is 12.5. The van der Waals surface area contributed by atoms with Crippen molar-refractivity contribution < 1.29 is 9.59 Å². The Labute approximate surface area is 123 Å². The van der Waals surface area contributed by atoms with Crippen LogP contribution in [0.3, 0.4) is 0 Å². The third-order valence-electron chi connectivity index (χ3n) is 3.55. The van der Waals surface area contributed by atoms with Crippen LogP contribution < -0.4 is 11.1 Å². The number of benzene rings is 1. The van der Waals surface area contributed by atoms with Gasteiger partial charge in [0.15, 0.2) is 0 Å². The van der Waals surface area contributed by atoms with E-state index in [0.717, 1.165) is 12.8 Å². The number of hydrogen-bond donors (Lipinski definition) is 2. The zero-order chi connectivity index (χ0) is 14.7. The van der Waals surface area contributed by atoms with Crippen molar-refractivity contribution >= 4 is 29.1 Å². The average molecular weight is 296 g/mol. The molecule has 1 aliphatic heterocycles. The van der Waals surface area contributed by atoms with E-state index in [9.17, 15) is 9.59 Å². The lowest BCUT2D eigenvalue weighted by atomic mass is 9.96. The molecule has 1 aromatic carbocycles. The smallest absolute Gasteiger partial charge is 0.255 e. The van der Waals surface area contributed by atoms with Gasteiger partial charge in [-0.15, -0.1) is 0 Å². The van der Waals surface area contributed by atoms with Crippen LogP contribution in [0.2, 0.25) is 5.02 Å².